The smallest absolute Gasteiger partial charge is 0.317 e. The highest BCUT2D eigenvalue weighted by Crippen LogP contribution is 2.15. The Balaban J connectivity index is 1.81. The number of rotatable bonds is 4. The van der Waals surface area contributed by atoms with E-state index in [1.54, 1.807) is 0 Å². The van der Waals surface area contributed by atoms with Gasteiger partial charge in [0.1, 0.15) is 0 Å². The van der Waals surface area contributed by atoms with Crippen LogP contribution in [0.4, 0.5) is 10.5 Å². The fourth-order valence-electron chi connectivity index (χ4n) is 2.24. The van der Waals surface area contributed by atoms with E-state index in [9.17, 15) is 4.79 Å². The fraction of sp³-hybridized carbons (Fsp3) is 0.533. The van der Waals surface area contributed by atoms with Crippen molar-refractivity contribution in [3.05, 3.63) is 30.3 Å². The highest BCUT2D eigenvalue weighted by Gasteiger charge is 2.26. The zero-order valence-corrected chi connectivity index (χ0v) is 11.7. The van der Waals surface area contributed by atoms with Gasteiger partial charge in [-0.3, -0.25) is 0 Å². The summed E-state index contributed by atoms with van der Waals surface area (Å²) < 4.78 is 0. The largest absolute Gasteiger partial charge is 0.380 e. The Labute approximate surface area is 115 Å². The molecule has 0 aromatic heterocycles. The molecule has 4 nitrogen and oxygen atoms in total. The van der Waals surface area contributed by atoms with E-state index in [0.29, 0.717) is 6.04 Å². The van der Waals surface area contributed by atoms with E-state index < -0.39 is 0 Å². The zero-order valence-electron chi connectivity index (χ0n) is 11.7. The second-order valence-corrected chi connectivity index (χ2v) is 5.20. The van der Waals surface area contributed by atoms with Gasteiger partial charge in [0.2, 0.25) is 0 Å². The quantitative estimate of drug-likeness (QED) is 0.875. The first-order valence-corrected chi connectivity index (χ1v) is 7.06. The highest BCUT2D eigenvalue weighted by atomic mass is 16.2. The summed E-state index contributed by atoms with van der Waals surface area (Å²) in [7, 11) is 0. The van der Waals surface area contributed by atoms with Gasteiger partial charge in [0.25, 0.3) is 0 Å². The predicted octanol–water partition coefficient (Wildman–Crippen LogP) is 2.68. The molecule has 0 aliphatic carbocycles. The van der Waals surface area contributed by atoms with Crippen molar-refractivity contribution in [2.24, 2.45) is 0 Å². The summed E-state index contributed by atoms with van der Waals surface area (Å²) in [4.78, 5) is 13.9. The number of para-hydroxylation sites is 1. The van der Waals surface area contributed by atoms with Crippen LogP contribution in [0.2, 0.25) is 0 Å². The lowest BCUT2D eigenvalue weighted by Crippen LogP contribution is -2.43. The third-order valence-electron chi connectivity index (χ3n) is 3.60. The van der Waals surface area contributed by atoms with Gasteiger partial charge >= 0.3 is 6.03 Å². The molecule has 104 valence electrons. The Morgan fingerprint density at radius 1 is 1.42 bits per heavy atom. The third kappa shape index (κ3) is 3.88. The lowest BCUT2D eigenvalue weighted by molar-refractivity contribution is 0.204. The molecule has 19 heavy (non-hydrogen) atoms. The molecular weight excluding hydrogens is 238 g/mol. The SMILES string of the molecule is CC[C@H](C)NC(=O)N1CC[C@H](Nc2ccccc2)C1. The maximum absolute atomic E-state index is 12.0. The van der Waals surface area contributed by atoms with Crippen LogP contribution in [0.25, 0.3) is 0 Å². The lowest BCUT2D eigenvalue weighted by atomic mass is 10.2. The number of nitrogens with one attached hydrogen (secondary N) is 2. The molecule has 0 bridgehead atoms. The Kier molecular flexibility index (Phi) is 4.66. The summed E-state index contributed by atoms with van der Waals surface area (Å²) in [6, 6.07) is 10.8. The second-order valence-electron chi connectivity index (χ2n) is 5.20. The number of carbonyl (C=O) groups excluding carboxylic acids is 1. The van der Waals surface area contributed by atoms with E-state index >= 15 is 0 Å². The minimum Gasteiger partial charge on any atom is -0.380 e. The molecule has 1 fully saturated rings. The maximum atomic E-state index is 12.0. The Hall–Kier alpha value is -1.71. The van der Waals surface area contributed by atoms with Crippen molar-refractivity contribution in [3.8, 4) is 0 Å². The predicted molar refractivity (Wildman–Crippen MR) is 78.3 cm³/mol. The number of nitrogens with zero attached hydrogens (tertiary/aromatic N) is 1. The molecule has 1 aromatic rings. The first-order chi connectivity index (χ1) is 9.19. The molecule has 4 heteroatoms. The first-order valence-electron chi connectivity index (χ1n) is 7.06. The van der Waals surface area contributed by atoms with Crippen LogP contribution in [0.1, 0.15) is 26.7 Å². The van der Waals surface area contributed by atoms with Crippen LogP contribution in [0, 0.1) is 0 Å². The molecule has 0 saturated carbocycles. The Morgan fingerprint density at radius 2 is 2.16 bits per heavy atom. The number of urea groups is 1. The molecule has 2 N–H and O–H groups in total. The van der Waals surface area contributed by atoms with Gasteiger partial charge in [0, 0.05) is 30.9 Å². The van der Waals surface area contributed by atoms with E-state index in [1.807, 2.05) is 30.0 Å². The van der Waals surface area contributed by atoms with E-state index in [-0.39, 0.29) is 12.1 Å². The van der Waals surface area contributed by atoms with Crippen LogP contribution in [-0.2, 0) is 0 Å². The molecule has 0 radical (unpaired) electrons. The van der Waals surface area contributed by atoms with Crippen molar-refractivity contribution in [2.45, 2.75) is 38.8 Å². The standard InChI is InChI=1S/C15H23N3O/c1-3-12(2)16-15(19)18-10-9-14(11-18)17-13-7-5-4-6-8-13/h4-8,12,14,17H,3,9-11H2,1-2H3,(H,16,19)/t12-,14-/m0/s1. The van der Waals surface area contributed by atoms with Crippen molar-refractivity contribution >= 4 is 11.7 Å². The first kappa shape index (κ1) is 13.7. The molecule has 1 aliphatic rings. The fourth-order valence-corrected chi connectivity index (χ4v) is 2.24. The minimum atomic E-state index is 0.0618. The number of carbonyl (C=O) groups is 1. The molecule has 2 atom stereocenters. The summed E-state index contributed by atoms with van der Waals surface area (Å²) >= 11 is 0. The summed E-state index contributed by atoms with van der Waals surface area (Å²) in [5.41, 5.74) is 1.12. The summed E-state index contributed by atoms with van der Waals surface area (Å²) in [6.07, 6.45) is 1.97. The van der Waals surface area contributed by atoms with Crippen LogP contribution in [-0.4, -0.2) is 36.1 Å². The van der Waals surface area contributed by atoms with Crippen molar-refractivity contribution in [1.82, 2.24) is 10.2 Å². The van der Waals surface area contributed by atoms with Crippen molar-refractivity contribution in [3.63, 3.8) is 0 Å². The summed E-state index contributed by atoms with van der Waals surface area (Å²) in [5, 5.41) is 6.49. The van der Waals surface area contributed by atoms with Gasteiger partial charge in [-0.2, -0.15) is 0 Å². The molecule has 1 aromatic carbocycles. The number of anilines is 1. The molecule has 1 aliphatic heterocycles. The number of likely N-dealkylation sites (tertiary alicyclic amines) is 1. The Morgan fingerprint density at radius 3 is 2.84 bits per heavy atom. The molecule has 0 spiro atoms. The number of benzene rings is 1. The molecule has 0 unspecified atom stereocenters. The van der Waals surface area contributed by atoms with Gasteiger partial charge in [0.05, 0.1) is 0 Å². The van der Waals surface area contributed by atoms with Gasteiger partial charge in [-0.25, -0.2) is 4.79 Å². The monoisotopic (exact) mass is 261 g/mol. The molecule has 2 rings (SSSR count). The van der Waals surface area contributed by atoms with Crippen LogP contribution < -0.4 is 10.6 Å². The van der Waals surface area contributed by atoms with E-state index in [0.717, 1.165) is 31.6 Å². The normalized spacial score (nSPS) is 20.1. The van der Waals surface area contributed by atoms with Gasteiger partial charge in [-0.1, -0.05) is 25.1 Å². The minimum absolute atomic E-state index is 0.0618. The second kappa shape index (κ2) is 6.45. The maximum Gasteiger partial charge on any atom is 0.317 e. The van der Waals surface area contributed by atoms with Crippen LogP contribution in [0.3, 0.4) is 0 Å². The summed E-state index contributed by atoms with van der Waals surface area (Å²) in [6.45, 7) is 5.71. The van der Waals surface area contributed by atoms with E-state index in [2.05, 4.69) is 29.7 Å². The van der Waals surface area contributed by atoms with Crippen LogP contribution in [0.5, 0.6) is 0 Å². The van der Waals surface area contributed by atoms with Gasteiger partial charge < -0.3 is 15.5 Å². The Bertz CT molecular complexity index is 407. The van der Waals surface area contributed by atoms with Crippen LogP contribution in [0.15, 0.2) is 30.3 Å². The average molecular weight is 261 g/mol. The highest BCUT2D eigenvalue weighted by molar-refractivity contribution is 5.75. The number of hydrogen-bond donors (Lipinski definition) is 2. The number of hydrogen-bond acceptors (Lipinski definition) is 2. The molecule has 1 saturated heterocycles. The topological polar surface area (TPSA) is 44.4 Å². The van der Waals surface area contributed by atoms with Crippen molar-refractivity contribution in [1.29, 1.82) is 0 Å². The summed E-state index contributed by atoms with van der Waals surface area (Å²) in [5.74, 6) is 0. The van der Waals surface area contributed by atoms with Gasteiger partial charge in [0.15, 0.2) is 0 Å². The van der Waals surface area contributed by atoms with E-state index in [4.69, 9.17) is 0 Å². The molecule has 2 amide bonds. The van der Waals surface area contributed by atoms with Crippen molar-refractivity contribution < 1.29 is 4.79 Å². The van der Waals surface area contributed by atoms with E-state index in [1.165, 1.54) is 0 Å². The average Bonchev–Trinajstić information content (AvgIpc) is 2.88. The molecule has 1 heterocycles. The van der Waals surface area contributed by atoms with Gasteiger partial charge in [-0.15, -0.1) is 0 Å². The van der Waals surface area contributed by atoms with Crippen molar-refractivity contribution in [2.75, 3.05) is 18.4 Å². The zero-order chi connectivity index (χ0) is 13.7. The van der Waals surface area contributed by atoms with Crippen LogP contribution >= 0.6 is 0 Å². The molecular formula is C15H23N3O. The number of amides is 2. The van der Waals surface area contributed by atoms with Gasteiger partial charge in [-0.05, 0) is 31.9 Å². The third-order valence-corrected chi connectivity index (χ3v) is 3.60. The lowest BCUT2D eigenvalue weighted by Gasteiger charge is -2.20.